The van der Waals surface area contributed by atoms with Crippen molar-refractivity contribution in [3.05, 3.63) is 76.4 Å². The Bertz CT molecular complexity index is 1390. The second-order valence-electron chi connectivity index (χ2n) is 9.39. The summed E-state index contributed by atoms with van der Waals surface area (Å²) >= 11 is 2.71. The lowest BCUT2D eigenvalue weighted by Crippen LogP contribution is -2.33. The Morgan fingerprint density at radius 3 is 2.29 bits per heavy atom. The lowest BCUT2D eigenvalue weighted by Gasteiger charge is -2.22. The number of thiazole rings is 1. The van der Waals surface area contributed by atoms with E-state index in [2.05, 4.69) is 25.8 Å². The molecule has 0 saturated carbocycles. The average molecular weight is 549 g/mol. The highest BCUT2D eigenvalue weighted by molar-refractivity contribution is 7.99. The molecule has 10 heteroatoms. The minimum atomic E-state index is -0.324. The molecule has 2 aromatic heterocycles. The number of amides is 2. The number of anilines is 1. The smallest absolute Gasteiger partial charge is 0.251 e. The molecule has 38 heavy (non-hydrogen) atoms. The summed E-state index contributed by atoms with van der Waals surface area (Å²) in [6.07, 6.45) is 0. The van der Waals surface area contributed by atoms with E-state index in [1.807, 2.05) is 93.1 Å². The fourth-order valence-electron chi connectivity index (χ4n) is 3.87. The van der Waals surface area contributed by atoms with Crippen molar-refractivity contribution >= 4 is 40.0 Å². The molecule has 0 bridgehead atoms. The first kappa shape index (κ1) is 27.5. The van der Waals surface area contributed by atoms with Crippen LogP contribution >= 0.6 is 23.1 Å². The Balaban J connectivity index is 1.40. The molecule has 0 aliphatic carbocycles. The highest BCUT2D eigenvalue weighted by Gasteiger charge is 2.26. The van der Waals surface area contributed by atoms with Crippen molar-refractivity contribution < 1.29 is 9.59 Å². The summed E-state index contributed by atoms with van der Waals surface area (Å²) in [5.74, 6) is 0.609. The molecule has 198 valence electrons. The van der Waals surface area contributed by atoms with Gasteiger partial charge in [-0.05, 0) is 38.8 Å². The van der Waals surface area contributed by atoms with E-state index in [0.29, 0.717) is 28.2 Å². The van der Waals surface area contributed by atoms with Gasteiger partial charge >= 0.3 is 0 Å². The van der Waals surface area contributed by atoms with E-state index in [-0.39, 0.29) is 29.5 Å². The van der Waals surface area contributed by atoms with Crippen LogP contribution in [-0.2, 0) is 11.3 Å². The van der Waals surface area contributed by atoms with Gasteiger partial charge in [-0.2, -0.15) is 0 Å². The van der Waals surface area contributed by atoms with Crippen LogP contribution in [0.5, 0.6) is 0 Å². The second kappa shape index (κ2) is 12.4. The van der Waals surface area contributed by atoms with Gasteiger partial charge in [-0.15, -0.1) is 21.5 Å². The van der Waals surface area contributed by atoms with Crippen molar-refractivity contribution in [3.63, 3.8) is 0 Å². The van der Waals surface area contributed by atoms with E-state index >= 15 is 0 Å². The molecule has 0 fully saturated rings. The Morgan fingerprint density at radius 1 is 1.00 bits per heavy atom. The summed E-state index contributed by atoms with van der Waals surface area (Å²) in [7, 11) is 0. The van der Waals surface area contributed by atoms with Crippen LogP contribution in [0.3, 0.4) is 0 Å². The summed E-state index contributed by atoms with van der Waals surface area (Å²) < 4.78 is 1.96. The maximum atomic E-state index is 12.9. The van der Waals surface area contributed by atoms with Gasteiger partial charge in [0, 0.05) is 23.1 Å². The van der Waals surface area contributed by atoms with Crippen molar-refractivity contribution in [3.8, 4) is 11.3 Å². The van der Waals surface area contributed by atoms with Crippen molar-refractivity contribution in [2.45, 2.75) is 52.4 Å². The van der Waals surface area contributed by atoms with Crippen molar-refractivity contribution in [2.24, 2.45) is 5.92 Å². The Morgan fingerprint density at radius 2 is 1.66 bits per heavy atom. The third-order valence-electron chi connectivity index (χ3n) is 6.04. The van der Waals surface area contributed by atoms with Crippen molar-refractivity contribution in [2.75, 3.05) is 11.1 Å². The van der Waals surface area contributed by atoms with Gasteiger partial charge in [0.2, 0.25) is 5.91 Å². The van der Waals surface area contributed by atoms with E-state index in [1.165, 1.54) is 28.7 Å². The van der Waals surface area contributed by atoms with E-state index in [9.17, 15) is 9.59 Å². The number of aryl methyl sites for hydroxylation is 2. The Kier molecular flexibility index (Phi) is 8.96. The number of rotatable bonds is 10. The lowest BCUT2D eigenvalue weighted by molar-refractivity contribution is -0.113. The van der Waals surface area contributed by atoms with Crippen LogP contribution in [0.2, 0.25) is 0 Å². The van der Waals surface area contributed by atoms with E-state index in [0.717, 1.165) is 16.8 Å². The van der Waals surface area contributed by atoms with Gasteiger partial charge in [0.25, 0.3) is 5.91 Å². The molecule has 0 spiro atoms. The number of hydrogen-bond donors (Lipinski definition) is 2. The molecule has 1 atom stereocenters. The zero-order valence-corrected chi connectivity index (χ0v) is 23.8. The maximum Gasteiger partial charge on any atom is 0.251 e. The second-order valence-corrected chi connectivity index (χ2v) is 11.2. The van der Waals surface area contributed by atoms with Gasteiger partial charge in [0.1, 0.15) is 0 Å². The number of carbonyl (C=O) groups excluding carboxylic acids is 2. The van der Waals surface area contributed by atoms with Gasteiger partial charge in [0.15, 0.2) is 16.1 Å². The van der Waals surface area contributed by atoms with Gasteiger partial charge in [-0.3, -0.25) is 9.59 Å². The van der Waals surface area contributed by atoms with Crippen LogP contribution in [0.25, 0.3) is 11.3 Å². The molecule has 4 aromatic rings. The third kappa shape index (κ3) is 6.68. The highest BCUT2D eigenvalue weighted by atomic mass is 32.2. The SMILES string of the molecule is CCn1c(SCC(=O)Nc2nc(-c3ccc(C)cc3)cs2)nnc1[C@@H](NC(=O)c1ccc(C)cc1)C(C)C. The molecule has 0 aliphatic rings. The fraction of sp³-hybridized carbons (Fsp3) is 0.321. The van der Waals surface area contributed by atoms with Crippen LogP contribution in [-0.4, -0.2) is 37.3 Å². The number of nitrogens with one attached hydrogen (secondary N) is 2. The zero-order chi connectivity index (χ0) is 27.2. The predicted octanol–water partition coefficient (Wildman–Crippen LogP) is 5.90. The van der Waals surface area contributed by atoms with E-state index < -0.39 is 0 Å². The predicted molar refractivity (Wildman–Crippen MR) is 154 cm³/mol. The van der Waals surface area contributed by atoms with Crippen molar-refractivity contribution in [1.82, 2.24) is 25.1 Å². The van der Waals surface area contributed by atoms with Crippen molar-refractivity contribution in [1.29, 1.82) is 0 Å². The van der Waals surface area contributed by atoms with Gasteiger partial charge in [-0.25, -0.2) is 4.98 Å². The number of carbonyl (C=O) groups is 2. The quantitative estimate of drug-likeness (QED) is 0.239. The summed E-state index contributed by atoms with van der Waals surface area (Å²) in [6, 6.07) is 15.3. The zero-order valence-electron chi connectivity index (χ0n) is 22.2. The fourth-order valence-corrected chi connectivity index (χ4v) is 5.41. The van der Waals surface area contributed by atoms with Crippen LogP contribution in [0, 0.1) is 19.8 Å². The molecular weight excluding hydrogens is 516 g/mol. The van der Waals surface area contributed by atoms with E-state index in [4.69, 9.17) is 0 Å². The standard InChI is InChI=1S/C28H32N6O2S2/c1-6-34-25(24(17(2)3)31-26(36)21-13-9-19(5)10-14-21)32-33-28(34)38-16-23(35)30-27-29-22(15-37-27)20-11-7-18(4)8-12-20/h7-15,17,24H,6,16H2,1-5H3,(H,31,36)(H,29,30,35)/t24-/m0/s1. The molecule has 0 radical (unpaired) electrons. The summed E-state index contributed by atoms with van der Waals surface area (Å²) in [6.45, 7) is 10.7. The molecule has 2 aromatic carbocycles. The van der Waals surface area contributed by atoms with Crippen LogP contribution < -0.4 is 10.6 Å². The molecule has 0 saturated heterocycles. The Labute approximate surface area is 231 Å². The first-order valence-corrected chi connectivity index (χ1v) is 14.4. The minimum Gasteiger partial charge on any atom is -0.342 e. The molecule has 2 heterocycles. The monoisotopic (exact) mass is 548 g/mol. The van der Waals surface area contributed by atoms with Crippen LogP contribution in [0.1, 0.15) is 54.1 Å². The lowest BCUT2D eigenvalue weighted by atomic mass is 10.0. The number of nitrogens with zero attached hydrogens (tertiary/aromatic N) is 4. The molecule has 0 unspecified atom stereocenters. The molecule has 2 amide bonds. The normalized spacial score (nSPS) is 11.9. The summed E-state index contributed by atoms with van der Waals surface area (Å²) in [4.78, 5) is 30.1. The summed E-state index contributed by atoms with van der Waals surface area (Å²) in [5, 5.41) is 17.9. The molecule has 4 rings (SSSR count). The maximum absolute atomic E-state index is 12.9. The molecular formula is C28H32N6O2S2. The average Bonchev–Trinajstić information content (AvgIpc) is 3.53. The van der Waals surface area contributed by atoms with Gasteiger partial charge in [0.05, 0.1) is 17.5 Å². The van der Waals surface area contributed by atoms with Gasteiger partial charge in [-0.1, -0.05) is 73.1 Å². The first-order valence-electron chi connectivity index (χ1n) is 12.5. The molecule has 8 nitrogen and oxygen atoms in total. The minimum absolute atomic E-state index is 0.0904. The first-order chi connectivity index (χ1) is 18.2. The topological polar surface area (TPSA) is 102 Å². The van der Waals surface area contributed by atoms with Gasteiger partial charge < -0.3 is 15.2 Å². The number of thioether (sulfide) groups is 1. The highest BCUT2D eigenvalue weighted by Crippen LogP contribution is 2.27. The van der Waals surface area contributed by atoms with Crippen LogP contribution in [0.15, 0.2) is 59.1 Å². The Hall–Kier alpha value is -3.50. The number of hydrogen-bond acceptors (Lipinski definition) is 7. The number of benzene rings is 2. The molecule has 2 N–H and O–H groups in total. The largest absolute Gasteiger partial charge is 0.342 e. The van der Waals surface area contributed by atoms with Crippen LogP contribution in [0.4, 0.5) is 5.13 Å². The molecule has 0 aliphatic heterocycles. The summed E-state index contributed by atoms with van der Waals surface area (Å²) in [5.41, 5.74) is 4.73. The number of aromatic nitrogens is 4. The third-order valence-corrected chi connectivity index (χ3v) is 7.76. The van der Waals surface area contributed by atoms with E-state index in [1.54, 1.807) is 0 Å².